The van der Waals surface area contributed by atoms with Crippen LogP contribution in [0.5, 0.6) is 5.75 Å². The maximum Gasteiger partial charge on any atom is 0.417 e. The SMILES string of the molecule is COc1ccc([C@H](C)NS(=O)(=O)c2cc3oc(=O)[nH]c3cc2Cl)cc1. The van der Waals surface area contributed by atoms with Gasteiger partial charge in [-0.2, -0.15) is 0 Å². The normalized spacial score (nSPS) is 13.1. The van der Waals surface area contributed by atoms with Crippen LogP contribution in [0.15, 0.2) is 50.5 Å². The summed E-state index contributed by atoms with van der Waals surface area (Å²) in [6, 6.07) is 9.08. The quantitative estimate of drug-likeness (QED) is 0.706. The van der Waals surface area contributed by atoms with Crippen LogP contribution in [0.3, 0.4) is 0 Å². The molecule has 3 rings (SSSR count). The predicted molar refractivity (Wildman–Crippen MR) is 93.6 cm³/mol. The molecule has 9 heteroatoms. The number of benzene rings is 2. The van der Waals surface area contributed by atoms with E-state index in [1.165, 1.54) is 12.1 Å². The predicted octanol–water partition coefficient (Wildman–Crippen LogP) is 2.82. The number of ether oxygens (including phenoxy) is 1. The first kappa shape index (κ1) is 17.5. The van der Waals surface area contributed by atoms with E-state index in [4.69, 9.17) is 20.8 Å². The van der Waals surface area contributed by atoms with Gasteiger partial charge in [0.15, 0.2) is 5.58 Å². The van der Waals surface area contributed by atoms with Crippen LogP contribution in [0.25, 0.3) is 11.1 Å². The van der Waals surface area contributed by atoms with Gasteiger partial charge in [-0.05, 0) is 30.7 Å². The Morgan fingerprint density at radius 3 is 2.56 bits per heavy atom. The minimum atomic E-state index is -3.93. The molecule has 0 unspecified atom stereocenters. The number of oxazole rings is 1. The van der Waals surface area contributed by atoms with Crippen molar-refractivity contribution in [2.75, 3.05) is 7.11 Å². The van der Waals surface area contributed by atoms with Crippen LogP contribution in [0.4, 0.5) is 0 Å². The average molecular weight is 383 g/mol. The molecule has 25 heavy (non-hydrogen) atoms. The molecule has 0 saturated carbocycles. The zero-order valence-corrected chi connectivity index (χ0v) is 14.9. The molecule has 0 aliphatic heterocycles. The number of fused-ring (bicyclic) bond motifs is 1. The van der Waals surface area contributed by atoms with E-state index >= 15 is 0 Å². The third-order valence-electron chi connectivity index (χ3n) is 3.71. The molecule has 0 fully saturated rings. The molecule has 0 aliphatic rings. The molecule has 7 nitrogen and oxygen atoms in total. The lowest BCUT2D eigenvalue weighted by Gasteiger charge is -2.15. The van der Waals surface area contributed by atoms with E-state index in [-0.39, 0.29) is 15.5 Å². The summed E-state index contributed by atoms with van der Waals surface area (Å²) in [6.07, 6.45) is 0. The molecule has 1 atom stereocenters. The van der Waals surface area contributed by atoms with Gasteiger partial charge in [-0.3, -0.25) is 4.98 Å². The van der Waals surface area contributed by atoms with Gasteiger partial charge in [-0.25, -0.2) is 17.9 Å². The zero-order valence-electron chi connectivity index (χ0n) is 13.4. The summed E-state index contributed by atoms with van der Waals surface area (Å²) >= 11 is 6.07. The summed E-state index contributed by atoms with van der Waals surface area (Å²) in [7, 11) is -2.37. The standard InChI is InChI=1S/C16H15ClN2O5S/c1-9(10-3-5-11(23-2)6-4-10)19-25(21,22)15-8-14-13(7-12(15)17)18-16(20)24-14/h3-9,19H,1-2H3,(H,18,20)/t9-/m0/s1. The van der Waals surface area contributed by atoms with Gasteiger partial charge < -0.3 is 9.15 Å². The molecule has 0 saturated heterocycles. The van der Waals surface area contributed by atoms with Crippen molar-refractivity contribution in [2.24, 2.45) is 0 Å². The lowest BCUT2D eigenvalue weighted by Crippen LogP contribution is -2.27. The molecule has 1 aromatic heterocycles. The van der Waals surface area contributed by atoms with Crippen molar-refractivity contribution >= 4 is 32.7 Å². The van der Waals surface area contributed by atoms with E-state index in [0.29, 0.717) is 11.3 Å². The van der Waals surface area contributed by atoms with E-state index in [2.05, 4.69) is 9.71 Å². The third kappa shape index (κ3) is 3.55. The van der Waals surface area contributed by atoms with Gasteiger partial charge in [0, 0.05) is 12.1 Å². The Hall–Kier alpha value is -2.29. The topological polar surface area (TPSA) is 101 Å². The van der Waals surface area contributed by atoms with Gasteiger partial charge in [0.1, 0.15) is 10.6 Å². The number of rotatable bonds is 5. The number of sulfonamides is 1. The fraction of sp³-hybridized carbons (Fsp3) is 0.188. The van der Waals surface area contributed by atoms with Crippen molar-refractivity contribution in [2.45, 2.75) is 17.9 Å². The van der Waals surface area contributed by atoms with Crippen molar-refractivity contribution < 1.29 is 17.6 Å². The van der Waals surface area contributed by atoms with Crippen molar-refractivity contribution in [1.29, 1.82) is 0 Å². The number of H-pyrrole nitrogens is 1. The van der Waals surface area contributed by atoms with Crippen LogP contribution < -0.4 is 15.2 Å². The minimum Gasteiger partial charge on any atom is -0.497 e. The van der Waals surface area contributed by atoms with Crippen LogP contribution in [-0.4, -0.2) is 20.5 Å². The van der Waals surface area contributed by atoms with E-state index in [9.17, 15) is 13.2 Å². The fourth-order valence-corrected chi connectivity index (χ4v) is 4.19. The maximum atomic E-state index is 12.7. The number of nitrogens with one attached hydrogen (secondary N) is 2. The molecular formula is C16H15ClN2O5S. The monoisotopic (exact) mass is 382 g/mol. The summed E-state index contributed by atoms with van der Waals surface area (Å²) in [5.74, 6) is -0.00466. The van der Waals surface area contributed by atoms with E-state index in [1.54, 1.807) is 38.3 Å². The number of methoxy groups -OCH3 is 1. The molecule has 0 amide bonds. The minimum absolute atomic E-state index is 0.0148. The molecule has 3 aromatic rings. The molecule has 0 bridgehead atoms. The van der Waals surface area contributed by atoms with Crippen molar-refractivity contribution in [1.82, 2.24) is 9.71 Å². The van der Waals surface area contributed by atoms with Crippen LogP contribution in [0.2, 0.25) is 5.02 Å². The van der Waals surface area contributed by atoms with Crippen molar-refractivity contribution in [3.05, 3.63) is 57.5 Å². The number of aromatic amines is 1. The molecule has 2 aromatic carbocycles. The van der Waals surface area contributed by atoms with Gasteiger partial charge in [-0.15, -0.1) is 0 Å². The van der Waals surface area contributed by atoms with Gasteiger partial charge in [0.25, 0.3) is 0 Å². The number of hydrogen-bond acceptors (Lipinski definition) is 5. The average Bonchev–Trinajstić information content (AvgIpc) is 2.92. The molecule has 0 spiro atoms. The second kappa shape index (κ2) is 6.55. The Balaban J connectivity index is 1.92. The highest BCUT2D eigenvalue weighted by atomic mass is 35.5. The Morgan fingerprint density at radius 1 is 1.24 bits per heavy atom. The van der Waals surface area contributed by atoms with Crippen LogP contribution in [0.1, 0.15) is 18.5 Å². The smallest absolute Gasteiger partial charge is 0.417 e. The van der Waals surface area contributed by atoms with Crippen LogP contribution in [-0.2, 0) is 10.0 Å². The number of aromatic nitrogens is 1. The molecular weight excluding hydrogens is 368 g/mol. The molecule has 1 heterocycles. The van der Waals surface area contributed by atoms with Gasteiger partial charge >= 0.3 is 5.76 Å². The highest BCUT2D eigenvalue weighted by molar-refractivity contribution is 7.89. The highest BCUT2D eigenvalue weighted by Gasteiger charge is 2.23. The second-order valence-electron chi connectivity index (χ2n) is 5.41. The molecule has 0 aliphatic carbocycles. The summed E-state index contributed by atoms with van der Waals surface area (Å²) in [4.78, 5) is 13.5. The highest BCUT2D eigenvalue weighted by Crippen LogP contribution is 2.28. The molecule has 0 radical (unpaired) electrons. The van der Waals surface area contributed by atoms with E-state index in [1.807, 2.05) is 0 Å². The zero-order chi connectivity index (χ0) is 18.2. The first-order valence-corrected chi connectivity index (χ1v) is 9.15. The largest absolute Gasteiger partial charge is 0.497 e. The summed E-state index contributed by atoms with van der Waals surface area (Å²) in [5, 5.41) is -0.0148. The Morgan fingerprint density at radius 2 is 1.92 bits per heavy atom. The van der Waals surface area contributed by atoms with Crippen LogP contribution in [0, 0.1) is 0 Å². The van der Waals surface area contributed by atoms with Crippen molar-refractivity contribution in [3.8, 4) is 5.75 Å². The third-order valence-corrected chi connectivity index (χ3v) is 5.72. The Bertz CT molecular complexity index is 1070. The first-order chi connectivity index (χ1) is 11.8. The maximum absolute atomic E-state index is 12.7. The fourth-order valence-electron chi connectivity index (χ4n) is 2.41. The summed E-state index contributed by atoms with van der Waals surface area (Å²) in [6.45, 7) is 1.71. The van der Waals surface area contributed by atoms with Gasteiger partial charge in [0.05, 0.1) is 17.6 Å². The number of halogens is 1. The molecule has 2 N–H and O–H groups in total. The van der Waals surface area contributed by atoms with E-state index < -0.39 is 21.8 Å². The Labute approximate surface area is 148 Å². The van der Waals surface area contributed by atoms with E-state index in [0.717, 1.165) is 5.56 Å². The molecule has 132 valence electrons. The lowest BCUT2D eigenvalue weighted by molar-refractivity contribution is 0.414. The lowest BCUT2D eigenvalue weighted by atomic mass is 10.1. The number of hydrogen-bond donors (Lipinski definition) is 2. The summed E-state index contributed by atoms with van der Waals surface area (Å²) < 4.78 is 37.9. The van der Waals surface area contributed by atoms with Gasteiger partial charge in [0.2, 0.25) is 10.0 Å². The second-order valence-corrected chi connectivity index (χ2v) is 7.50. The van der Waals surface area contributed by atoms with Crippen LogP contribution >= 0.6 is 11.6 Å². The Kier molecular flexibility index (Phi) is 4.59. The van der Waals surface area contributed by atoms with Crippen molar-refractivity contribution in [3.63, 3.8) is 0 Å². The van der Waals surface area contributed by atoms with Gasteiger partial charge in [-0.1, -0.05) is 23.7 Å². The first-order valence-electron chi connectivity index (χ1n) is 7.29. The summed E-state index contributed by atoms with van der Waals surface area (Å²) in [5.41, 5.74) is 1.21.